The van der Waals surface area contributed by atoms with Gasteiger partial charge >= 0.3 is 5.97 Å². The fraction of sp³-hybridized carbons (Fsp3) is 0.368. The summed E-state index contributed by atoms with van der Waals surface area (Å²) in [6.45, 7) is 5.83. The third-order valence-electron chi connectivity index (χ3n) is 3.95. The Morgan fingerprint density at radius 1 is 1.20 bits per heavy atom. The van der Waals surface area contributed by atoms with Gasteiger partial charge in [-0.2, -0.15) is 0 Å². The van der Waals surface area contributed by atoms with E-state index in [4.69, 9.17) is 9.47 Å². The lowest BCUT2D eigenvalue weighted by Gasteiger charge is -2.28. The molecule has 1 atom stereocenters. The number of benzene rings is 1. The second-order valence-electron chi connectivity index (χ2n) is 6.23. The van der Waals surface area contributed by atoms with E-state index in [9.17, 15) is 9.59 Å². The van der Waals surface area contributed by atoms with E-state index in [0.29, 0.717) is 16.2 Å². The molecule has 25 heavy (non-hydrogen) atoms. The Morgan fingerprint density at radius 3 is 2.52 bits per heavy atom. The number of nitrogens with one attached hydrogen (secondary N) is 1. The molecular weight excluding hydrogens is 338 g/mol. The van der Waals surface area contributed by atoms with Gasteiger partial charge in [0.25, 0.3) is 5.91 Å². The average Bonchev–Trinajstić information content (AvgIpc) is 3.13. The predicted octanol–water partition coefficient (Wildman–Crippen LogP) is 3.96. The summed E-state index contributed by atoms with van der Waals surface area (Å²) >= 11 is 1.27. The third-order valence-corrected chi connectivity index (χ3v) is 4.80. The van der Waals surface area contributed by atoms with Gasteiger partial charge in [-0.25, -0.2) is 4.79 Å². The Labute approximate surface area is 152 Å². The van der Waals surface area contributed by atoms with E-state index in [2.05, 4.69) is 5.32 Å². The van der Waals surface area contributed by atoms with Gasteiger partial charge in [-0.3, -0.25) is 4.79 Å². The van der Waals surface area contributed by atoms with E-state index in [-0.39, 0.29) is 5.91 Å². The lowest BCUT2D eigenvalue weighted by atomic mass is 10.00. The molecule has 0 aliphatic carbocycles. The summed E-state index contributed by atoms with van der Waals surface area (Å²) in [4.78, 5) is 25.7. The van der Waals surface area contributed by atoms with E-state index >= 15 is 0 Å². The van der Waals surface area contributed by atoms with Crippen molar-refractivity contribution in [2.45, 2.75) is 38.8 Å². The number of hydrogen-bond acceptors (Lipinski definition) is 5. The second-order valence-corrected chi connectivity index (χ2v) is 7.18. The number of para-hydroxylation sites is 1. The summed E-state index contributed by atoms with van der Waals surface area (Å²) < 4.78 is 10.9. The minimum atomic E-state index is -1.09. The largest absolute Gasteiger partial charge is 0.496 e. The molecule has 0 saturated heterocycles. The summed E-state index contributed by atoms with van der Waals surface area (Å²) in [7, 11) is 1.52. The van der Waals surface area contributed by atoms with Gasteiger partial charge in [0, 0.05) is 11.1 Å². The zero-order valence-corrected chi connectivity index (χ0v) is 15.7. The molecule has 1 aromatic carbocycles. The van der Waals surface area contributed by atoms with Crippen molar-refractivity contribution in [2.75, 3.05) is 7.11 Å². The maximum Gasteiger partial charge on any atom is 0.349 e. The van der Waals surface area contributed by atoms with Crippen molar-refractivity contribution < 1.29 is 19.1 Å². The quantitative estimate of drug-likeness (QED) is 0.758. The second kappa shape index (κ2) is 8.16. The van der Waals surface area contributed by atoms with Gasteiger partial charge in [-0.05, 0) is 37.8 Å². The molecule has 5 nitrogen and oxygen atoms in total. The number of carbonyl (C=O) groups excluding carboxylic acids is 2. The molecule has 1 heterocycles. The molecule has 0 fully saturated rings. The Balaban J connectivity index is 2.34. The maximum absolute atomic E-state index is 12.9. The summed E-state index contributed by atoms with van der Waals surface area (Å²) in [6.07, 6.45) is -0.340. The van der Waals surface area contributed by atoms with Crippen LogP contribution in [-0.2, 0) is 9.53 Å². The van der Waals surface area contributed by atoms with Crippen LogP contribution >= 0.6 is 11.3 Å². The highest BCUT2D eigenvalue weighted by Gasteiger charge is 2.31. The van der Waals surface area contributed by atoms with Gasteiger partial charge in [0.2, 0.25) is 6.10 Å². The molecule has 0 spiro atoms. The first kappa shape index (κ1) is 19.0. The van der Waals surface area contributed by atoms with Crippen molar-refractivity contribution in [3.8, 4) is 5.75 Å². The fourth-order valence-corrected chi connectivity index (χ4v) is 2.79. The first-order valence-corrected chi connectivity index (χ1v) is 8.95. The Kier molecular flexibility index (Phi) is 6.20. The number of rotatable bonds is 7. The SMILES string of the molecule is CCC(C)(C)NC(=O)[C@H](OC(=O)c1cccs1)c1ccccc1OC. The van der Waals surface area contributed by atoms with Gasteiger partial charge in [0.15, 0.2) is 0 Å². The number of esters is 1. The van der Waals surface area contributed by atoms with Gasteiger partial charge in [-0.15, -0.1) is 11.3 Å². The Bertz CT molecular complexity index is 725. The van der Waals surface area contributed by atoms with Crippen LogP contribution in [0.1, 0.15) is 48.5 Å². The molecule has 2 aromatic rings. The van der Waals surface area contributed by atoms with Crippen LogP contribution < -0.4 is 10.1 Å². The highest BCUT2D eigenvalue weighted by molar-refractivity contribution is 7.11. The number of methoxy groups -OCH3 is 1. The average molecular weight is 361 g/mol. The normalized spacial score (nSPS) is 12.3. The molecule has 6 heteroatoms. The fourth-order valence-electron chi connectivity index (χ4n) is 2.19. The van der Waals surface area contributed by atoms with Crippen LogP contribution in [0.5, 0.6) is 5.75 Å². The van der Waals surface area contributed by atoms with Gasteiger partial charge in [-0.1, -0.05) is 31.2 Å². The Morgan fingerprint density at radius 2 is 1.92 bits per heavy atom. The number of ether oxygens (including phenoxy) is 2. The van der Waals surface area contributed by atoms with Gasteiger partial charge < -0.3 is 14.8 Å². The topological polar surface area (TPSA) is 64.6 Å². The van der Waals surface area contributed by atoms with Crippen molar-refractivity contribution in [3.05, 3.63) is 52.2 Å². The molecular formula is C19H23NO4S. The minimum absolute atomic E-state index is 0.374. The molecule has 0 aliphatic rings. The van der Waals surface area contributed by atoms with Crippen molar-refractivity contribution in [1.29, 1.82) is 0 Å². The zero-order chi connectivity index (χ0) is 18.4. The van der Waals surface area contributed by atoms with Crippen molar-refractivity contribution in [2.24, 2.45) is 0 Å². The minimum Gasteiger partial charge on any atom is -0.496 e. The summed E-state index contributed by atoms with van der Waals surface area (Å²) in [5.41, 5.74) is 0.103. The molecule has 1 N–H and O–H groups in total. The maximum atomic E-state index is 12.9. The van der Waals surface area contributed by atoms with Crippen LogP contribution in [0.3, 0.4) is 0 Å². The van der Waals surface area contributed by atoms with Crippen molar-refractivity contribution in [1.82, 2.24) is 5.32 Å². The van der Waals surface area contributed by atoms with Gasteiger partial charge in [0.1, 0.15) is 10.6 Å². The van der Waals surface area contributed by atoms with Gasteiger partial charge in [0.05, 0.1) is 7.11 Å². The molecule has 0 bridgehead atoms. The van der Waals surface area contributed by atoms with Crippen LogP contribution in [0, 0.1) is 0 Å². The van der Waals surface area contributed by atoms with Crippen molar-refractivity contribution >= 4 is 23.2 Å². The van der Waals surface area contributed by atoms with E-state index in [1.807, 2.05) is 20.8 Å². The number of thiophene rings is 1. The number of amides is 1. The van der Waals surface area contributed by atoms with E-state index in [0.717, 1.165) is 6.42 Å². The zero-order valence-electron chi connectivity index (χ0n) is 14.9. The molecule has 1 amide bonds. The lowest BCUT2D eigenvalue weighted by Crippen LogP contribution is -2.45. The summed E-state index contributed by atoms with van der Waals surface area (Å²) in [6, 6.07) is 10.5. The third kappa shape index (κ3) is 4.82. The first-order valence-electron chi connectivity index (χ1n) is 8.07. The molecule has 2 rings (SSSR count). The molecule has 0 saturated carbocycles. The molecule has 0 radical (unpaired) electrons. The number of hydrogen-bond donors (Lipinski definition) is 1. The van der Waals surface area contributed by atoms with E-state index < -0.39 is 17.6 Å². The summed E-state index contributed by atoms with van der Waals surface area (Å²) in [5.74, 6) is -0.410. The van der Waals surface area contributed by atoms with Crippen LogP contribution in [0.15, 0.2) is 41.8 Å². The summed E-state index contributed by atoms with van der Waals surface area (Å²) in [5, 5.41) is 4.72. The molecule has 1 aromatic heterocycles. The molecule has 0 aliphatic heterocycles. The lowest BCUT2D eigenvalue weighted by molar-refractivity contribution is -0.132. The van der Waals surface area contributed by atoms with Crippen LogP contribution in [-0.4, -0.2) is 24.5 Å². The van der Waals surface area contributed by atoms with Crippen LogP contribution in [0.25, 0.3) is 0 Å². The number of carbonyl (C=O) groups is 2. The Hall–Kier alpha value is -2.34. The van der Waals surface area contributed by atoms with E-state index in [1.165, 1.54) is 18.4 Å². The highest BCUT2D eigenvalue weighted by atomic mass is 32.1. The first-order chi connectivity index (χ1) is 11.9. The van der Waals surface area contributed by atoms with E-state index in [1.54, 1.807) is 41.8 Å². The van der Waals surface area contributed by atoms with Crippen LogP contribution in [0.2, 0.25) is 0 Å². The standard InChI is InChI=1S/C19H23NO4S/c1-5-19(2,3)20-17(21)16(13-9-6-7-10-14(13)23-4)24-18(22)15-11-8-12-25-15/h6-12,16H,5H2,1-4H3,(H,20,21)/t16-/m1/s1. The van der Waals surface area contributed by atoms with Crippen molar-refractivity contribution in [3.63, 3.8) is 0 Å². The predicted molar refractivity (Wildman–Crippen MR) is 98.0 cm³/mol. The van der Waals surface area contributed by atoms with Crippen LogP contribution in [0.4, 0.5) is 0 Å². The molecule has 0 unspecified atom stereocenters. The highest BCUT2D eigenvalue weighted by Crippen LogP contribution is 2.29. The molecule has 134 valence electrons. The smallest absolute Gasteiger partial charge is 0.349 e. The monoisotopic (exact) mass is 361 g/mol.